The highest BCUT2D eigenvalue weighted by Gasteiger charge is 2.48. The zero-order chi connectivity index (χ0) is 24.0. The summed E-state index contributed by atoms with van der Waals surface area (Å²) in [6.45, 7) is 3.20. The lowest BCUT2D eigenvalue weighted by Gasteiger charge is -2.36. The van der Waals surface area contributed by atoms with Gasteiger partial charge in [0.1, 0.15) is 23.6 Å². The first-order chi connectivity index (χ1) is 16.3. The van der Waals surface area contributed by atoms with Gasteiger partial charge in [0.05, 0.1) is 22.4 Å². The number of aryl methyl sites for hydroxylation is 1. The Morgan fingerprint density at radius 1 is 1.26 bits per heavy atom. The number of nitrogens with one attached hydrogen (secondary N) is 1. The van der Waals surface area contributed by atoms with Crippen LogP contribution in [-0.4, -0.2) is 46.1 Å². The molecule has 7 nitrogen and oxygen atoms in total. The van der Waals surface area contributed by atoms with Crippen molar-refractivity contribution in [1.29, 1.82) is 5.26 Å². The maximum absolute atomic E-state index is 14.5. The largest absolute Gasteiger partial charge is 0.471 e. The zero-order valence-corrected chi connectivity index (χ0v) is 18.8. The molecule has 1 saturated heterocycles. The van der Waals surface area contributed by atoms with E-state index in [4.69, 9.17) is 4.74 Å². The number of anilines is 1. The van der Waals surface area contributed by atoms with Crippen molar-refractivity contribution in [3.63, 3.8) is 0 Å². The highest BCUT2D eigenvalue weighted by atomic mass is 19.3. The van der Waals surface area contributed by atoms with Gasteiger partial charge < -0.3 is 10.1 Å². The summed E-state index contributed by atoms with van der Waals surface area (Å²) in [7, 11) is 2.00. The molecule has 1 aliphatic carbocycles. The van der Waals surface area contributed by atoms with Crippen LogP contribution in [0.5, 0.6) is 5.88 Å². The van der Waals surface area contributed by atoms with Crippen LogP contribution in [0.15, 0.2) is 24.3 Å². The monoisotopic (exact) mass is 468 g/mol. The van der Waals surface area contributed by atoms with E-state index in [0.717, 1.165) is 19.2 Å². The number of likely N-dealkylation sites (tertiary alicyclic amines) is 1. The van der Waals surface area contributed by atoms with Crippen LogP contribution in [0.1, 0.15) is 41.8 Å². The summed E-state index contributed by atoms with van der Waals surface area (Å²) in [5.74, 6) is 0.292. The number of nitriles is 1. The van der Waals surface area contributed by atoms with Crippen molar-refractivity contribution in [3.8, 4) is 11.9 Å². The Bertz CT molecular complexity index is 1300. The summed E-state index contributed by atoms with van der Waals surface area (Å²) >= 11 is 0. The minimum atomic E-state index is -2.90. The van der Waals surface area contributed by atoms with Gasteiger partial charge in [0, 0.05) is 30.8 Å². The molecule has 0 atom stereocenters. The third-order valence-electron chi connectivity index (χ3n) is 6.34. The van der Waals surface area contributed by atoms with Crippen LogP contribution in [0, 0.1) is 24.1 Å². The van der Waals surface area contributed by atoms with Gasteiger partial charge >= 0.3 is 0 Å². The number of hydrogen-bond donors (Lipinski definition) is 1. The Kier molecular flexibility index (Phi) is 5.52. The molecule has 2 aliphatic rings. The molecule has 2 aromatic heterocycles. The van der Waals surface area contributed by atoms with Gasteiger partial charge in [0.2, 0.25) is 5.88 Å². The van der Waals surface area contributed by atoms with E-state index in [1.165, 1.54) is 12.1 Å². The van der Waals surface area contributed by atoms with Crippen molar-refractivity contribution in [2.75, 3.05) is 25.5 Å². The third-order valence-corrected chi connectivity index (χ3v) is 6.34. The number of alkyl halides is 2. The predicted molar refractivity (Wildman–Crippen MR) is 119 cm³/mol. The fraction of sp³-hybridized carbons (Fsp3) is 0.417. The van der Waals surface area contributed by atoms with Crippen LogP contribution in [0.3, 0.4) is 0 Å². The normalized spacial score (nSPS) is 17.4. The molecule has 1 aliphatic heterocycles. The number of rotatable bonds is 7. The summed E-state index contributed by atoms with van der Waals surface area (Å²) in [6.07, 6.45) is -1.49. The van der Waals surface area contributed by atoms with Gasteiger partial charge in [-0.25, -0.2) is 23.1 Å². The second kappa shape index (κ2) is 8.40. The van der Waals surface area contributed by atoms with Crippen LogP contribution >= 0.6 is 0 Å². The maximum Gasteiger partial charge on any atom is 0.266 e. The molecule has 0 bridgehead atoms. The fourth-order valence-electron chi connectivity index (χ4n) is 4.24. The van der Waals surface area contributed by atoms with Crippen molar-refractivity contribution < 1.29 is 17.9 Å². The van der Waals surface area contributed by atoms with E-state index >= 15 is 0 Å². The number of likely N-dealkylation sites (N-methyl/N-ethyl adjacent to an activating group) is 1. The molecule has 3 heterocycles. The maximum atomic E-state index is 14.5. The average molecular weight is 468 g/mol. The topological polar surface area (TPSA) is 87.0 Å². The van der Waals surface area contributed by atoms with Crippen molar-refractivity contribution >= 4 is 16.9 Å². The Balaban J connectivity index is 1.52. The lowest BCUT2D eigenvalue weighted by molar-refractivity contribution is 0.0348. The van der Waals surface area contributed by atoms with E-state index in [0.29, 0.717) is 47.0 Å². The Morgan fingerprint density at radius 3 is 2.68 bits per heavy atom. The highest BCUT2D eigenvalue weighted by Crippen LogP contribution is 2.51. The molecule has 34 heavy (non-hydrogen) atoms. The van der Waals surface area contributed by atoms with Gasteiger partial charge in [-0.05, 0) is 32.9 Å². The van der Waals surface area contributed by atoms with Crippen LogP contribution in [0.2, 0.25) is 0 Å². The first-order valence-corrected chi connectivity index (χ1v) is 11.1. The number of ether oxygens (including phenoxy) is 1. The minimum Gasteiger partial charge on any atom is -0.471 e. The number of halogens is 3. The van der Waals surface area contributed by atoms with Crippen molar-refractivity contribution in [3.05, 3.63) is 52.6 Å². The predicted octanol–water partition coefficient (Wildman–Crippen LogP) is 4.27. The zero-order valence-electron chi connectivity index (χ0n) is 18.8. The average Bonchev–Trinajstić information content (AvgIpc) is 3.57. The smallest absolute Gasteiger partial charge is 0.266 e. The second-order valence-electron chi connectivity index (χ2n) is 8.96. The standard InChI is InChI=1S/C24H23F3N6O/c1-13-30-21(29-9-14-4-3-5-16(19(14)25)20(26)27)17-8-18(24(12-28)6-7-24)23(32-22(17)31-13)34-15-10-33(2)11-15/h3-5,8,15,20H,6-7,9-11H2,1-2H3,(H,29,30,31,32). The Labute approximate surface area is 194 Å². The van der Waals surface area contributed by atoms with Crippen LogP contribution in [-0.2, 0) is 12.0 Å². The molecule has 1 saturated carbocycles. The van der Waals surface area contributed by atoms with Crippen LogP contribution in [0.4, 0.5) is 19.0 Å². The van der Waals surface area contributed by atoms with E-state index in [2.05, 4.69) is 31.2 Å². The molecule has 1 aromatic carbocycles. The first-order valence-electron chi connectivity index (χ1n) is 11.1. The first kappa shape index (κ1) is 22.3. The SMILES string of the molecule is Cc1nc(NCc2cccc(C(F)F)c2F)c2cc(C3(C#N)CC3)c(OC3CN(C)C3)nc2n1. The molecule has 3 aromatic rings. The molecular weight excluding hydrogens is 445 g/mol. The van der Waals surface area contributed by atoms with E-state index < -0.39 is 23.2 Å². The lowest BCUT2D eigenvalue weighted by atomic mass is 9.97. The van der Waals surface area contributed by atoms with E-state index in [1.807, 2.05) is 13.1 Å². The fourth-order valence-corrected chi connectivity index (χ4v) is 4.24. The second-order valence-corrected chi connectivity index (χ2v) is 8.96. The summed E-state index contributed by atoms with van der Waals surface area (Å²) in [4.78, 5) is 15.6. The van der Waals surface area contributed by atoms with E-state index in [9.17, 15) is 18.4 Å². The van der Waals surface area contributed by atoms with Gasteiger partial charge in [0.25, 0.3) is 6.43 Å². The van der Waals surface area contributed by atoms with E-state index in [-0.39, 0.29) is 18.2 Å². The summed E-state index contributed by atoms with van der Waals surface area (Å²) in [5.41, 5.74) is -0.123. The van der Waals surface area contributed by atoms with Crippen LogP contribution < -0.4 is 10.1 Å². The van der Waals surface area contributed by atoms with Gasteiger partial charge in [-0.2, -0.15) is 10.2 Å². The van der Waals surface area contributed by atoms with Crippen molar-refractivity contribution in [2.24, 2.45) is 0 Å². The Morgan fingerprint density at radius 2 is 2.03 bits per heavy atom. The molecule has 0 amide bonds. The van der Waals surface area contributed by atoms with Crippen LogP contribution in [0.25, 0.3) is 11.0 Å². The van der Waals surface area contributed by atoms with Gasteiger partial charge in [-0.3, -0.25) is 4.90 Å². The molecule has 2 fully saturated rings. The molecule has 10 heteroatoms. The number of pyridine rings is 1. The summed E-state index contributed by atoms with van der Waals surface area (Å²) in [5, 5.41) is 13.4. The van der Waals surface area contributed by atoms with Gasteiger partial charge in [-0.15, -0.1) is 0 Å². The number of aromatic nitrogens is 3. The van der Waals surface area contributed by atoms with Crippen molar-refractivity contribution in [1.82, 2.24) is 19.9 Å². The number of nitrogens with zero attached hydrogens (tertiary/aromatic N) is 5. The lowest BCUT2D eigenvalue weighted by Crippen LogP contribution is -2.51. The summed E-state index contributed by atoms with van der Waals surface area (Å²) < 4.78 is 46.8. The molecule has 0 unspecified atom stereocenters. The quantitative estimate of drug-likeness (QED) is 0.554. The van der Waals surface area contributed by atoms with Gasteiger partial charge in [-0.1, -0.05) is 18.2 Å². The van der Waals surface area contributed by atoms with E-state index in [1.54, 1.807) is 6.92 Å². The molecule has 0 radical (unpaired) electrons. The molecular formula is C24H23F3N6O. The molecule has 5 rings (SSSR count). The minimum absolute atomic E-state index is 0.00573. The Hall–Kier alpha value is -3.45. The highest BCUT2D eigenvalue weighted by molar-refractivity contribution is 5.88. The molecule has 176 valence electrons. The summed E-state index contributed by atoms with van der Waals surface area (Å²) in [6, 6.07) is 8.14. The number of hydrogen-bond acceptors (Lipinski definition) is 7. The third kappa shape index (κ3) is 4.01. The number of fused-ring (bicyclic) bond motifs is 1. The number of benzene rings is 1. The molecule has 0 spiro atoms. The van der Waals surface area contributed by atoms with Gasteiger partial charge in [0.15, 0.2) is 5.65 Å². The molecule has 1 N–H and O–H groups in total. The van der Waals surface area contributed by atoms with Crippen molar-refractivity contribution in [2.45, 2.75) is 44.3 Å².